The van der Waals surface area contributed by atoms with Crippen LogP contribution >= 0.6 is 0 Å². The zero-order chi connectivity index (χ0) is 19.2. The summed E-state index contributed by atoms with van der Waals surface area (Å²) in [6, 6.07) is 15.4. The summed E-state index contributed by atoms with van der Waals surface area (Å²) in [5.74, 6) is 1.15. The van der Waals surface area contributed by atoms with E-state index in [1.54, 1.807) is 9.80 Å². The molecule has 0 radical (unpaired) electrons. The SMILES string of the molecule is CCN(Cc1ccccc1)C(=O)CN(Cc1ccc2c(c1)OCO2)C(C)=O. The van der Waals surface area contributed by atoms with Crippen LogP contribution in [0, 0.1) is 0 Å². The summed E-state index contributed by atoms with van der Waals surface area (Å²) in [6.07, 6.45) is 0. The second-order valence-corrected chi connectivity index (χ2v) is 6.46. The zero-order valence-electron chi connectivity index (χ0n) is 15.7. The maximum Gasteiger partial charge on any atom is 0.242 e. The van der Waals surface area contributed by atoms with Crippen LogP contribution < -0.4 is 9.47 Å². The van der Waals surface area contributed by atoms with Crippen molar-refractivity contribution in [3.63, 3.8) is 0 Å². The van der Waals surface area contributed by atoms with Gasteiger partial charge in [-0.1, -0.05) is 36.4 Å². The third-order valence-electron chi connectivity index (χ3n) is 4.53. The van der Waals surface area contributed by atoms with Gasteiger partial charge in [-0.2, -0.15) is 0 Å². The summed E-state index contributed by atoms with van der Waals surface area (Å²) in [7, 11) is 0. The molecule has 142 valence electrons. The van der Waals surface area contributed by atoms with Crippen LogP contribution in [0.25, 0.3) is 0 Å². The molecule has 27 heavy (non-hydrogen) atoms. The molecule has 0 atom stereocenters. The Morgan fingerprint density at radius 3 is 2.33 bits per heavy atom. The average Bonchev–Trinajstić information content (AvgIpc) is 3.14. The van der Waals surface area contributed by atoms with E-state index in [2.05, 4.69) is 0 Å². The Balaban J connectivity index is 1.66. The zero-order valence-corrected chi connectivity index (χ0v) is 15.7. The molecule has 1 heterocycles. The van der Waals surface area contributed by atoms with Gasteiger partial charge in [-0.05, 0) is 30.2 Å². The molecule has 1 aliphatic heterocycles. The van der Waals surface area contributed by atoms with Crippen molar-refractivity contribution in [2.24, 2.45) is 0 Å². The normalized spacial score (nSPS) is 11.9. The Morgan fingerprint density at radius 2 is 1.63 bits per heavy atom. The predicted octanol–water partition coefficient (Wildman–Crippen LogP) is 2.81. The summed E-state index contributed by atoms with van der Waals surface area (Å²) in [4.78, 5) is 28.1. The quantitative estimate of drug-likeness (QED) is 0.754. The monoisotopic (exact) mass is 368 g/mol. The van der Waals surface area contributed by atoms with E-state index in [-0.39, 0.29) is 25.2 Å². The van der Waals surface area contributed by atoms with E-state index < -0.39 is 0 Å². The molecular formula is C21H24N2O4. The molecule has 0 aliphatic carbocycles. The standard InChI is InChI=1S/C21H24N2O4/c1-3-22(12-17-7-5-4-6-8-17)21(25)14-23(16(2)24)13-18-9-10-19-20(11-18)27-15-26-19/h4-11H,3,12-15H2,1-2H3. The van der Waals surface area contributed by atoms with Crippen LogP contribution in [0.1, 0.15) is 25.0 Å². The topological polar surface area (TPSA) is 59.1 Å². The number of carbonyl (C=O) groups excluding carboxylic acids is 2. The fraction of sp³-hybridized carbons (Fsp3) is 0.333. The smallest absolute Gasteiger partial charge is 0.242 e. The second kappa shape index (κ2) is 8.58. The Kier molecular flexibility index (Phi) is 5.96. The van der Waals surface area contributed by atoms with Crippen LogP contribution in [0.3, 0.4) is 0 Å². The number of carbonyl (C=O) groups is 2. The molecule has 0 saturated carbocycles. The summed E-state index contributed by atoms with van der Waals surface area (Å²) >= 11 is 0. The van der Waals surface area contributed by atoms with Crippen molar-refractivity contribution in [2.45, 2.75) is 26.9 Å². The molecule has 2 amide bonds. The molecule has 6 nitrogen and oxygen atoms in total. The summed E-state index contributed by atoms with van der Waals surface area (Å²) < 4.78 is 10.7. The van der Waals surface area contributed by atoms with Crippen molar-refractivity contribution in [3.8, 4) is 11.5 Å². The molecule has 6 heteroatoms. The number of hydrogen-bond acceptors (Lipinski definition) is 4. The molecule has 2 aromatic carbocycles. The van der Waals surface area contributed by atoms with Gasteiger partial charge < -0.3 is 19.3 Å². The van der Waals surface area contributed by atoms with Gasteiger partial charge in [0.05, 0.1) is 0 Å². The number of ether oxygens (including phenoxy) is 2. The second-order valence-electron chi connectivity index (χ2n) is 6.46. The molecule has 0 saturated heterocycles. The maximum absolute atomic E-state index is 12.8. The van der Waals surface area contributed by atoms with E-state index in [1.165, 1.54) is 6.92 Å². The van der Waals surface area contributed by atoms with Gasteiger partial charge in [0.15, 0.2) is 11.5 Å². The van der Waals surface area contributed by atoms with Crippen molar-refractivity contribution in [3.05, 3.63) is 59.7 Å². The van der Waals surface area contributed by atoms with Gasteiger partial charge in [0.1, 0.15) is 6.54 Å². The fourth-order valence-corrected chi connectivity index (χ4v) is 2.98. The number of rotatable bonds is 7. The Labute approximate surface area is 159 Å². The highest BCUT2D eigenvalue weighted by atomic mass is 16.7. The van der Waals surface area contributed by atoms with E-state index in [0.29, 0.717) is 31.1 Å². The van der Waals surface area contributed by atoms with Crippen molar-refractivity contribution < 1.29 is 19.1 Å². The summed E-state index contributed by atoms with van der Waals surface area (Å²) in [5, 5.41) is 0. The van der Waals surface area contributed by atoms with E-state index in [9.17, 15) is 9.59 Å². The van der Waals surface area contributed by atoms with E-state index in [4.69, 9.17) is 9.47 Å². The van der Waals surface area contributed by atoms with Gasteiger partial charge in [-0.15, -0.1) is 0 Å². The maximum atomic E-state index is 12.8. The van der Waals surface area contributed by atoms with Crippen molar-refractivity contribution >= 4 is 11.8 Å². The largest absolute Gasteiger partial charge is 0.454 e. The Bertz CT molecular complexity index is 807. The van der Waals surface area contributed by atoms with E-state index >= 15 is 0 Å². The van der Waals surface area contributed by atoms with Crippen molar-refractivity contribution in [2.75, 3.05) is 19.9 Å². The van der Waals surface area contributed by atoms with Gasteiger partial charge in [-0.3, -0.25) is 9.59 Å². The summed E-state index contributed by atoms with van der Waals surface area (Å²) in [5.41, 5.74) is 1.96. The third kappa shape index (κ3) is 4.78. The molecule has 0 spiro atoms. The number of hydrogen-bond donors (Lipinski definition) is 0. The molecular weight excluding hydrogens is 344 g/mol. The molecule has 0 N–H and O–H groups in total. The molecule has 2 aromatic rings. The Morgan fingerprint density at radius 1 is 0.926 bits per heavy atom. The van der Waals surface area contributed by atoms with E-state index in [1.807, 2.05) is 55.5 Å². The van der Waals surface area contributed by atoms with Crippen LogP contribution in [0.15, 0.2) is 48.5 Å². The number of amides is 2. The lowest BCUT2D eigenvalue weighted by Gasteiger charge is -2.26. The van der Waals surface area contributed by atoms with Crippen LogP contribution in [0.2, 0.25) is 0 Å². The van der Waals surface area contributed by atoms with Crippen molar-refractivity contribution in [1.29, 1.82) is 0 Å². The lowest BCUT2D eigenvalue weighted by atomic mass is 10.2. The van der Waals surface area contributed by atoms with E-state index in [0.717, 1.165) is 11.1 Å². The van der Waals surface area contributed by atoms with Gasteiger partial charge in [-0.25, -0.2) is 0 Å². The molecule has 1 aliphatic rings. The fourth-order valence-electron chi connectivity index (χ4n) is 2.98. The number of benzene rings is 2. The lowest BCUT2D eigenvalue weighted by Crippen LogP contribution is -2.41. The first-order valence-electron chi connectivity index (χ1n) is 9.02. The van der Waals surface area contributed by atoms with Gasteiger partial charge in [0, 0.05) is 26.6 Å². The molecule has 0 unspecified atom stereocenters. The van der Waals surface area contributed by atoms with Crippen LogP contribution in [-0.2, 0) is 22.7 Å². The van der Waals surface area contributed by atoms with Crippen LogP contribution in [0.5, 0.6) is 11.5 Å². The average molecular weight is 368 g/mol. The molecule has 0 aromatic heterocycles. The van der Waals surface area contributed by atoms with Gasteiger partial charge in [0.2, 0.25) is 18.6 Å². The molecule has 3 rings (SSSR count). The van der Waals surface area contributed by atoms with Crippen LogP contribution in [-0.4, -0.2) is 41.5 Å². The highest BCUT2D eigenvalue weighted by Crippen LogP contribution is 2.32. The number of fused-ring (bicyclic) bond motifs is 1. The van der Waals surface area contributed by atoms with Crippen LogP contribution in [0.4, 0.5) is 0 Å². The highest BCUT2D eigenvalue weighted by Gasteiger charge is 2.20. The lowest BCUT2D eigenvalue weighted by molar-refractivity contribution is -0.140. The summed E-state index contributed by atoms with van der Waals surface area (Å²) in [6.45, 7) is 5.14. The molecule has 0 fully saturated rings. The number of nitrogens with zero attached hydrogens (tertiary/aromatic N) is 2. The highest BCUT2D eigenvalue weighted by molar-refractivity contribution is 5.83. The predicted molar refractivity (Wildman–Crippen MR) is 101 cm³/mol. The van der Waals surface area contributed by atoms with Gasteiger partial charge in [0.25, 0.3) is 0 Å². The van der Waals surface area contributed by atoms with Gasteiger partial charge >= 0.3 is 0 Å². The Hall–Kier alpha value is -3.02. The first-order valence-corrected chi connectivity index (χ1v) is 9.02. The first-order chi connectivity index (χ1) is 13.1. The minimum atomic E-state index is -0.142. The number of likely N-dealkylation sites (N-methyl/N-ethyl adjacent to an activating group) is 1. The minimum absolute atomic E-state index is 0.0461. The first kappa shape index (κ1) is 18.8. The minimum Gasteiger partial charge on any atom is -0.454 e. The third-order valence-corrected chi connectivity index (χ3v) is 4.53. The molecule has 0 bridgehead atoms. The van der Waals surface area contributed by atoms with Crippen molar-refractivity contribution in [1.82, 2.24) is 9.80 Å².